The van der Waals surface area contributed by atoms with Crippen LogP contribution < -0.4 is 10.5 Å². The van der Waals surface area contributed by atoms with Crippen LogP contribution in [0.3, 0.4) is 0 Å². The van der Waals surface area contributed by atoms with E-state index < -0.39 is 0 Å². The summed E-state index contributed by atoms with van der Waals surface area (Å²) in [6.07, 6.45) is 1.20. The van der Waals surface area contributed by atoms with E-state index in [0.717, 1.165) is 11.3 Å². The van der Waals surface area contributed by atoms with Crippen LogP contribution in [0.15, 0.2) is 24.3 Å². The number of piperazine rings is 1. The van der Waals surface area contributed by atoms with Crippen molar-refractivity contribution in [1.29, 1.82) is 0 Å². The Labute approximate surface area is 143 Å². The molecule has 0 aliphatic carbocycles. The van der Waals surface area contributed by atoms with E-state index in [-0.39, 0.29) is 30.8 Å². The number of rotatable bonds is 5. The van der Waals surface area contributed by atoms with Gasteiger partial charge in [-0.2, -0.15) is 0 Å². The third kappa shape index (κ3) is 5.41. The van der Waals surface area contributed by atoms with E-state index in [1.165, 1.54) is 0 Å². The van der Waals surface area contributed by atoms with Crippen molar-refractivity contribution >= 4 is 24.2 Å². The summed E-state index contributed by atoms with van der Waals surface area (Å²) in [5.74, 6) is 0.900. The van der Waals surface area contributed by atoms with E-state index in [2.05, 4.69) is 0 Å². The summed E-state index contributed by atoms with van der Waals surface area (Å²) in [6.45, 7) is 2.36. The van der Waals surface area contributed by atoms with E-state index in [4.69, 9.17) is 10.5 Å². The molecule has 128 valence electrons. The topological polar surface area (TPSA) is 75.9 Å². The second-order valence-electron chi connectivity index (χ2n) is 5.31. The van der Waals surface area contributed by atoms with Gasteiger partial charge in [0, 0.05) is 32.6 Å². The number of aryl methyl sites for hydroxylation is 1. The molecule has 0 bridgehead atoms. The third-order valence-electron chi connectivity index (χ3n) is 3.95. The average molecular weight is 342 g/mol. The maximum Gasteiger partial charge on any atom is 0.236 e. The Morgan fingerprint density at radius 2 is 1.57 bits per heavy atom. The van der Waals surface area contributed by atoms with Crippen LogP contribution in [-0.4, -0.2) is 61.4 Å². The van der Waals surface area contributed by atoms with Gasteiger partial charge in [-0.1, -0.05) is 12.1 Å². The predicted octanol–water partition coefficient (Wildman–Crippen LogP) is 0.679. The molecule has 1 aliphatic heterocycles. The number of nitrogens with zero attached hydrogens (tertiary/aromatic N) is 2. The number of halogens is 1. The minimum absolute atomic E-state index is 0. The monoisotopic (exact) mass is 341 g/mol. The molecule has 1 aromatic carbocycles. The summed E-state index contributed by atoms with van der Waals surface area (Å²) in [6, 6.07) is 7.75. The van der Waals surface area contributed by atoms with Crippen LogP contribution in [0.5, 0.6) is 5.75 Å². The molecule has 23 heavy (non-hydrogen) atoms. The maximum atomic E-state index is 12.2. The molecule has 1 saturated heterocycles. The number of ether oxygens (including phenoxy) is 1. The van der Waals surface area contributed by atoms with Crippen molar-refractivity contribution in [3.63, 3.8) is 0 Å². The summed E-state index contributed by atoms with van der Waals surface area (Å²) in [4.78, 5) is 27.2. The zero-order chi connectivity index (χ0) is 15.9. The highest BCUT2D eigenvalue weighted by Gasteiger charge is 2.22. The molecule has 0 aromatic heterocycles. The summed E-state index contributed by atoms with van der Waals surface area (Å²) >= 11 is 0. The summed E-state index contributed by atoms with van der Waals surface area (Å²) in [7, 11) is 1.63. The third-order valence-corrected chi connectivity index (χ3v) is 3.95. The molecule has 6 nitrogen and oxygen atoms in total. The fourth-order valence-electron chi connectivity index (χ4n) is 2.54. The molecule has 7 heteroatoms. The Balaban J connectivity index is 0.00000264. The Hall–Kier alpha value is -1.79. The van der Waals surface area contributed by atoms with Gasteiger partial charge in [0.15, 0.2) is 0 Å². The molecule has 1 aromatic rings. The number of hydrogen-bond donors (Lipinski definition) is 1. The minimum Gasteiger partial charge on any atom is -0.497 e. The number of hydrogen-bond acceptors (Lipinski definition) is 4. The van der Waals surface area contributed by atoms with Crippen molar-refractivity contribution < 1.29 is 14.3 Å². The van der Waals surface area contributed by atoms with Crippen molar-refractivity contribution in [2.24, 2.45) is 5.73 Å². The van der Waals surface area contributed by atoms with Crippen LogP contribution in [0.25, 0.3) is 0 Å². The Bertz CT molecular complexity index is 514. The second kappa shape index (κ2) is 9.37. The Morgan fingerprint density at radius 1 is 1.04 bits per heavy atom. The number of nitrogens with two attached hydrogens (primary N) is 1. The molecule has 2 rings (SSSR count). The molecular weight excluding hydrogens is 318 g/mol. The van der Waals surface area contributed by atoms with Crippen LogP contribution in [0.2, 0.25) is 0 Å². The highest BCUT2D eigenvalue weighted by molar-refractivity contribution is 5.85. The summed E-state index contributed by atoms with van der Waals surface area (Å²) in [5, 5.41) is 0. The van der Waals surface area contributed by atoms with Crippen LogP contribution in [-0.2, 0) is 16.0 Å². The van der Waals surface area contributed by atoms with Crippen LogP contribution in [0.4, 0.5) is 0 Å². The van der Waals surface area contributed by atoms with Gasteiger partial charge in [0.05, 0.1) is 13.7 Å². The van der Waals surface area contributed by atoms with Gasteiger partial charge in [-0.15, -0.1) is 12.4 Å². The quantitative estimate of drug-likeness (QED) is 0.854. The molecule has 0 radical (unpaired) electrons. The zero-order valence-corrected chi connectivity index (χ0v) is 14.2. The normalized spacial score (nSPS) is 14.2. The lowest BCUT2D eigenvalue weighted by Gasteiger charge is -2.34. The molecular formula is C16H24ClN3O3. The first-order chi connectivity index (χ1) is 10.6. The van der Waals surface area contributed by atoms with Crippen LogP contribution in [0, 0.1) is 0 Å². The van der Waals surface area contributed by atoms with E-state index in [1.54, 1.807) is 12.0 Å². The standard InChI is InChI=1S/C16H23N3O3.ClH/c1-22-14-5-2-13(3-6-14)4-7-15(20)18-8-10-19(11-9-18)16(21)12-17;/h2-3,5-6H,4,7-12,17H2,1H3;1H. The smallest absolute Gasteiger partial charge is 0.236 e. The first-order valence-electron chi connectivity index (χ1n) is 7.52. The molecule has 0 saturated carbocycles. The summed E-state index contributed by atoms with van der Waals surface area (Å²) in [5.41, 5.74) is 6.47. The number of amides is 2. The molecule has 0 atom stereocenters. The lowest BCUT2D eigenvalue weighted by atomic mass is 10.1. The van der Waals surface area contributed by atoms with E-state index in [1.807, 2.05) is 29.2 Å². The number of carbonyl (C=O) groups excluding carboxylic acids is 2. The highest BCUT2D eigenvalue weighted by Crippen LogP contribution is 2.13. The molecule has 1 heterocycles. The van der Waals surface area contributed by atoms with E-state index in [9.17, 15) is 9.59 Å². The number of methoxy groups -OCH3 is 1. The first kappa shape index (κ1) is 19.3. The number of benzene rings is 1. The van der Waals surface area contributed by atoms with Gasteiger partial charge in [0.25, 0.3) is 0 Å². The maximum absolute atomic E-state index is 12.2. The lowest BCUT2D eigenvalue weighted by Crippen LogP contribution is -2.51. The van der Waals surface area contributed by atoms with Crippen molar-refractivity contribution in [1.82, 2.24) is 9.80 Å². The van der Waals surface area contributed by atoms with Gasteiger partial charge in [-0.05, 0) is 24.1 Å². The van der Waals surface area contributed by atoms with Crippen molar-refractivity contribution in [2.45, 2.75) is 12.8 Å². The molecule has 0 unspecified atom stereocenters. The van der Waals surface area contributed by atoms with E-state index >= 15 is 0 Å². The fraction of sp³-hybridized carbons (Fsp3) is 0.500. The largest absolute Gasteiger partial charge is 0.497 e. The Morgan fingerprint density at radius 3 is 2.04 bits per heavy atom. The van der Waals surface area contributed by atoms with Gasteiger partial charge >= 0.3 is 0 Å². The first-order valence-corrected chi connectivity index (χ1v) is 7.52. The van der Waals surface area contributed by atoms with Crippen LogP contribution >= 0.6 is 12.4 Å². The SMILES string of the molecule is COc1ccc(CCC(=O)N2CCN(C(=O)CN)CC2)cc1.Cl. The van der Waals surface area contributed by atoms with Gasteiger partial charge in [0.2, 0.25) is 11.8 Å². The molecule has 0 spiro atoms. The second-order valence-corrected chi connectivity index (χ2v) is 5.31. The fourth-order valence-corrected chi connectivity index (χ4v) is 2.54. The molecule has 2 amide bonds. The number of carbonyl (C=O) groups is 2. The van der Waals surface area contributed by atoms with Crippen molar-refractivity contribution in [2.75, 3.05) is 39.8 Å². The van der Waals surface area contributed by atoms with Gasteiger partial charge in [0.1, 0.15) is 5.75 Å². The molecule has 2 N–H and O–H groups in total. The molecule has 1 fully saturated rings. The Kier molecular flexibility index (Phi) is 7.85. The van der Waals surface area contributed by atoms with E-state index in [0.29, 0.717) is 39.0 Å². The minimum atomic E-state index is -0.0506. The lowest BCUT2D eigenvalue weighted by molar-refractivity contribution is -0.138. The van der Waals surface area contributed by atoms with Crippen LogP contribution in [0.1, 0.15) is 12.0 Å². The summed E-state index contributed by atoms with van der Waals surface area (Å²) < 4.78 is 5.11. The zero-order valence-electron chi connectivity index (χ0n) is 13.4. The average Bonchev–Trinajstić information content (AvgIpc) is 2.59. The van der Waals surface area contributed by atoms with Gasteiger partial charge in [-0.3, -0.25) is 9.59 Å². The predicted molar refractivity (Wildman–Crippen MR) is 90.8 cm³/mol. The highest BCUT2D eigenvalue weighted by atomic mass is 35.5. The van der Waals surface area contributed by atoms with Gasteiger partial charge in [-0.25, -0.2) is 0 Å². The van der Waals surface area contributed by atoms with Crippen molar-refractivity contribution in [3.8, 4) is 5.75 Å². The molecule has 1 aliphatic rings. The van der Waals surface area contributed by atoms with Crippen molar-refractivity contribution in [3.05, 3.63) is 29.8 Å². The van der Waals surface area contributed by atoms with Gasteiger partial charge < -0.3 is 20.3 Å².